The molecule has 3 amide bonds. The summed E-state index contributed by atoms with van der Waals surface area (Å²) in [5.74, 6) is 0.258. The van der Waals surface area contributed by atoms with Gasteiger partial charge in [-0.05, 0) is 32.1 Å². The normalized spacial score (nSPS) is 22.3. The maximum atomic E-state index is 13.1. The Kier molecular flexibility index (Phi) is 7.78. The summed E-state index contributed by atoms with van der Waals surface area (Å²) >= 11 is 0. The maximum absolute atomic E-state index is 13.1. The predicted molar refractivity (Wildman–Crippen MR) is 118 cm³/mol. The first kappa shape index (κ1) is 22.8. The molecule has 176 valence electrons. The van der Waals surface area contributed by atoms with Gasteiger partial charge in [-0.1, -0.05) is 12.8 Å². The summed E-state index contributed by atoms with van der Waals surface area (Å²) in [5.41, 5.74) is 1.50. The van der Waals surface area contributed by atoms with Crippen molar-refractivity contribution in [1.29, 1.82) is 0 Å². The summed E-state index contributed by atoms with van der Waals surface area (Å²) in [4.78, 5) is 43.1. The van der Waals surface area contributed by atoms with E-state index in [0.717, 1.165) is 57.4 Å². The van der Waals surface area contributed by atoms with Crippen LogP contribution in [0.5, 0.6) is 0 Å². The molecule has 1 aromatic rings. The van der Waals surface area contributed by atoms with Crippen LogP contribution in [0.3, 0.4) is 0 Å². The highest BCUT2D eigenvalue weighted by Crippen LogP contribution is 2.29. The van der Waals surface area contributed by atoms with E-state index in [2.05, 4.69) is 10.2 Å². The smallest absolute Gasteiger partial charge is 0.257 e. The Bertz CT molecular complexity index is 802. The summed E-state index contributed by atoms with van der Waals surface area (Å²) in [6.45, 7) is 4.61. The molecule has 3 aliphatic rings. The highest BCUT2D eigenvalue weighted by molar-refractivity contribution is 5.95. The van der Waals surface area contributed by atoms with E-state index in [-0.39, 0.29) is 30.2 Å². The lowest BCUT2D eigenvalue weighted by Gasteiger charge is -2.33. The lowest BCUT2D eigenvalue weighted by Crippen LogP contribution is -2.42. The zero-order valence-electron chi connectivity index (χ0n) is 18.9. The van der Waals surface area contributed by atoms with Crippen LogP contribution in [0.15, 0.2) is 6.20 Å². The molecule has 1 N–H and O–H groups in total. The summed E-state index contributed by atoms with van der Waals surface area (Å²) in [6, 6.07) is 0. The minimum absolute atomic E-state index is 0.0251. The molecule has 9 nitrogen and oxygen atoms in total. The van der Waals surface area contributed by atoms with Gasteiger partial charge in [0.15, 0.2) is 0 Å². The quantitative estimate of drug-likeness (QED) is 0.645. The van der Waals surface area contributed by atoms with Crippen LogP contribution in [0.25, 0.3) is 0 Å². The number of nitrogens with zero attached hydrogens (tertiary/aromatic N) is 4. The number of ether oxygens (including phenoxy) is 1. The molecule has 0 spiro atoms. The summed E-state index contributed by atoms with van der Waals surface area (Å²) in [7, 11) is 0. The van der Waals surface area contributed by atoms with Gasteiger partial charge in [-0.2, -0.15) is 5.10 Å². The average molecular weight is 446 g/mol. The van der Waals surface area contributed by atoms with Crippen molar-refractivity contribution >= 4 is 17.7 Å². The van der Waals surface area contributed by atoms with Crippen molar-refractivity contribution in [2.24, 2.45) is 0 Å². The van der Waals surface area contributed by atoms with E-state index in [1.807, 2.05) is 9.80 Å². The first-order valence-electron chi connectivity index (χ1n) is 12.1. The highest BCUT2D eigenvalue weighted by atomic mass is 16.5. The molecular weight excluding hydrogens is 410 g/mol. The third kappa shape index (κ3) is 5.49. The molecule has 4 rings (SSSR count). The number of amides is 3. The van der Waals surface area contributed by atoms with Crippen LogP contribution in [0.4, 0.5) is 0 Å². The number of H-pyrrole nitrogens is 1. The fourth-order valence-corrected chi connectivity index (χ4v) is 5.03. The number of carbonyl (C=O) groups excluding carboxylic acids is 3. The molecule has 0 aliphatic carbocycles. The van der Waals surface area contributed by atoms with Crippen molar-refractivity contribution in [2.45, 2.75) is 57.3 Å². The van der Waals surface area contributed by atoms with Gasteiger partial charge in [0.1, 0.15) is 6.61 Å². The van der Waals surface area contributed by atoms with Crippen molar-refractivity contribution in [2.75, 3.05) is 52.5 Å². The molecule has 0 radical (unpaired) electrons. The number of aromatic nitrogens is 2. The third-order valence-electron chi connectivity index (χ3n) is 6.88. The number of hydrogen-bond acceptors (Lipinski definition) is 5. The third-order valence-corrected chi connectivity index (χ3v) is 6.88. The number of carbonyl (C=O) groups is 3. The fraction of sp³-hybridized carbons (Fsp3) is 0.739. The van der Waals surface area contributed by atoms with Crippen molar-refractivity contribution in [1.82, 2.24) is 24.9 Å². The van der Waals surface area contributed by atoms with Crippen LogP contribution in [0.2, 0.25) is 0 Å². The fourth-order valence-electron chi connectivity index (χ4n) is 5.03. The van der Waals surface area contributed by atoms with Crippen LogP contribution in [0, 0.1) is 0 Å². The molecule has 3 saturated heterocycles. The number of hydrogen-bond donors (Lipinski definition) is 1. The van der Waals surface area contributed by atoms with E-state index in [0.29, 0.717) is 38.2 Å². The molecular formula is C23H35N5O4. The molecule has 3 fully saturated rings. The molecule has 32 heavy (non-hydrogen) atoms. The highest BCUT2D eigenvalue weighted by Gasteiger charge is 2.30. The van der Waals surface area contributed by atoms with E-state index in [1.54, 1.807) is 11.1 Å². The number of piperidine rings is 1. The standard InChI is InChI=1S/C23H35N5O4/c29-20-8-6-11-26(20)13-14-32-17-21(30)28-12-5-7-18(16-28)22-19(15-24-25-22)23(31)27-9-3-1-2-4-10-27/h15,18H,1-14,16-17H2,(H,24,25)/t18-/m1/s1. The Balaban J connectivity index is 1.29. The maximum Gasteiger partial charge on any atom is 0.257 e. The van der Waals surface area contributed by atoms with Crippen molar-refractivity contribution in [3.63, 3.8) is 0 Å². The van der Waals surface area contributed by atoms with Crippen LogP contribution in [-0.2, 0) is 14.3 Å². The molecule has 0 unspecified atom stereocenters. The SMILES string of the molecule is O=C1CCCN1CCOCC(=O)N1CCC[C@@H](c2[nH]ncc2C(=O)N2CCCCCC2)C1. The zero-order chi connectivity index (χ0) is 22.3. The second kappa shape index (κ2) is 10.9. The van der Waals surface area contributed by atoms with Gasteiger partial charge in [-0.3, -0.25) is 19.5 Å². The van der Waals surface area contributed by atoms with E-state index in [9.17, 15) is 14.4 Å². The van der Waals surface area contributed by atoms with Gasteiger partial charge in [-0.25, -0.2) is 0 Å². The summed E-state index contributed by atoms with van der Waals surface area (Å²) in [6.07, 6.45) is 9.43. The lowest BCUT2D eigenvalue weighted by molar-refractivity contribution is -0.137. The number of likely N-dealkylation sites (tertiary alicyclic amines) is 3. The van der Waals surface area contributed by atoms with Crippen molar-refractivity contribution < 1.29 is 19.1 Å². The van der Waals surface area contributed by atoms with Crippen LogP contribution in [0.1, 0.15) is 73.3 Å². The second-order valence-electron chi connectivity index (χ2n) is 9.12. The van der Waals surface area contributed by atoms with Gasteiger partial charge < -0.3 is 19.4 Å². The van der Waals surface area contributed by atoms with Crippen LogP contribution in [-0.4, -0.2) is 95.1 Å². The monoisotopic (exact) mass is 445 g/mol. The first-order valence-corrected chi connectivity index (χ1v) is 12.1. The van der Waals surface area contributed by atoms with E-state index in [4.69, 9.17) is 4.74 Å². The van der Waals surface area contributed by atoms with Crippen LogP contribution >= 0.6 is 0 Å². The molecule has 3 aliphatic heterocycles. The number of aromatic amines is 1. The molecule has 4 heterocycles. The number of nitrogens with one attached hydrogen (secondary N) is 1. The largest absolute Gasteiger partial charge is 0.370 e. The minimum atomic E-state index is -0.0395. The first-order chi connectivity index (χ1) is 15.6. The van der Waals surface area contributed by atoms with Gasteiger partial charge in [0.05, 0.1) is 24.1 Å². The van der Waals surface area contributed by atoms with Gasteiger partial charge in [-0.15, -0.1) is 0 Å². The van der Waals surface area contributed by atoms with E-state index >= 15 is 0 Å². The second-order valence-corrected chi connectivity index (χ2v) is 9.12. The van der Waals surface area contributed by atoms with Crippen molar-refractivity contribution in [3.05, 3.63) is 17.5 Å². The average Bonchev–Trinajstić information content (AvgIpc) is 3.37. The minimum Gasteiger partial charge on any atom is -0.370 e. The molecule has 9 heteroatoms. The Hall–Kier alpha value is -2.42. The Morgan fingerprint density at radius 1 is 1.03 bits per heavy atom. The number of rotatable bonds is 7. The molecule has 0 saturated carbocycles. The van der Waals surface area contributed by atoms with Crippen molar-refractivity contribution in [3.8, 4) is 0 Å². The Labute approximate surface area is 189 Å². The van der Waals surface area contributed by atoms with Crippen LogP contribution < -0.4 is 0 Å². The van der Waals surface area contributed by atoms with E-state index < -0.39 is 0 Å². The summed E-state index contributed by atoms with van der Waals surface area (Å²) in [5, 5.41) is 7.23. The Morgan fingerprint density at radius 2 is 1.81 bits per heavy atom. The van der Waals surface area contributed by atoms with Gasteiger partial charge >= 0.3 is 0 Å². The van der Waals surface area contributed by atoms with Gasteiger partial charge in [0, 0.05) is 51.6 Å². The molecule has 1 atom stereocenters. The lowest BCUT2D eigenvalue weighted by atomic mass is 9.92. The van der Waals surface area contributed by atoms with Gasteiger partial charge in [0.2, 0.25) is 11.8 Å². The molecule has 1 aromatic heterocycles. The molecule has 0 bridgehead atoms. The zero-order valence-corrected chi connectivity index (χ0v) is 18.9. The Morgan fingerprint density at radius 3 is 2.56 bits per heavy atom. The van der Waals surface area contributed by atoms with E-state index in [1.165, 1.54) is 12.8 Å². The molecule has 0 aromatic carbocycles. The predicted octanol–water partition coefficient (Wildman–Crippen LogP) is 1.77. The summed E-state index contributed by atoms with van der Waals surface area (Å²) < 4.78 is 5.57. The van der Waals surface area contributed by atoms with Gasteiger partial charge in [0.25, 0.3) is 5.91 Å². The topological polar surface area (TPSA) is 98.8 Å².